The summed E-state index contributed by atoms with van der Waals surface area (Å²) in [5.41, 5.74) is 0.580. The van der Waals surface area contributed by atoms with Crippen molar-refractivity contribution in [2.45, 2.75) is 36.7 Å². The first kappa shape index (κ1) is 24.0. The highest BCUT2D eigenvalue weighted by molar-refractivity contribution is 7.89. The van der Waals surface area contributed by atoms with Gasteiger partial charge in [-0.15, -0.1) is 0 Å². The van der Waals surface area contributed by atoms with Gasteiger partial charge >= 0.3 is 5.97 Å². The minimum atomic E-state index is -3.93. The molecular formula is C21H20FN3O7S. The number of carbonyl (C=O) groups excluding carboxylic acids is 3. The molecule has 0 saturated carbocycles. The van der Waals surface area contributed by atoms with Gasteiger partial charge in [-0.05, 0) is 42.0 Å². The fourth-order valence-corrected chi connectivity index (χ4v) is 3.95. The minimum Gasteiger partial charge on any atom is -0.481 e. The first-order chi connectivity index (χ1) is 15.5. The Kier molecular flexibility index (Phi) is 6.89. The molecule has 0 aromatic heterocycles. The maximum absolute atomic E-state index is 13.2. The van der Waals surface area contributed by atoms with E-state index in [1.165, 1.54) is 36.4 Å². The molecule has 1 aliphatic heterocycles. The third-order valence-corrected chi connectivity index (χ3v) is 5.99. The van der Waals surface area contributed by atoms with Gasteiger partial charge in [-0.1, -0.05) is 12.1 Å². The summed E-state index contributed by atoms with van der Waals surface area (Å²) in [5, 5.41) is 14.0. The zero-order chi connectivity index (χ0) is 24.3. The number of nitrogens with zero attached hydrogens (tertiary/aromatic N) is 2. The Labute approximate surface area is 188 Å². The Morgan fingerprint density at radius 3 is 2.21 bits per heavy atom. The SMILES string of the molecule is NS(=O)(=O)c1ccc(CN(C(=O)CCC(=O)O)C2CC(=O)N(c3ccc(F)cc3)C2=O)cc1. The number of primary sulfonamides is 1. The van der Waals surface area contributed by atoms with Gasteiger partial charge in [-0.2, -0.15) is 0 Å². The van der Waals surface area contributed by atoms with Crippen molar-refractivity contribution in [3.8, 4) is 0 Å². The summed E-state index contributed by atoms with van der Waals surface area (Å²) in [5.74, 6) is -3.74. The number of sulfonamides is 1. The quantitative estimate of drug-likeness (QED) is 0.537. The number of aliphatic carboxylic acids is 1. The van der Waals surface area contributed by atoms with Crippen LogP contribution in [0.25, 0.3) is 0 Å². The average Bonchev–Trinajstić information content (AvgIpc) is 3.04. The molecule has 174 valence electrons. The molecule has 10 nitrogen and oxygen atoms in total. The van der Waals surface area contributed by atoms with Gasteiger partial charge < -0.3 is 10.0 Å². The number of nitrogens with two attached hydrogens (primary N) is 1. The molecule has 1 fully saturated rings. The number of rotatable bonds is 8. The zero-order valence-corrected chi connectivity index (χ0v) is 18.0. The number of carbonyl (C=O) groups is 4. The molecule has 3 rings (SSSR count). The van der Waals surface area contributed by atoms with Crippen molar-refractivity contribution in [3.05, 3.63) is 59.9 Å². The predicted molar refractivity (Wildman–Crippen MR) is 113 cm³/mol. The molecule has 0 radical (unpaired) electrons. The molecule has 1 aliphatic rings. The van der Waals surface area contributed by atoms with Gasteiger partial charge in [0.25, 0.3) is 5.91 Å². The lowest BCUT2D eigenvalue weighted by molar-refractivity contribution is -0.143. The van der Waals surface area contributed by atoms with Crippen molar-refractivity contribution in [1.29, 1.82) is 0 Å². The summed E-state index contributed by atoms with van der Waals surface area (Å²) in [4.78, 5) is 51.2. The molecular weight excluding hydrogens is 457 g/mol. The molecule has 12 heteroatoms. The maximum atomic E-state index is 13.2. The first-order valence-electron chi connectivity index (χ1n) is 9.72. The van der Waals surface area contributed by atoms with Crippen molar-refractivity contribution in [2.75, 3.05) is 4.90 Å². The number of halogens is 1. The molecule has 0 bridgehead atoms. The Morgan fingerprint density at radius 2 is 1.67 bits per heavy atom. The number of carboxylic acid groups (broad SMARTS) is 1. The molecule has 3 N–H and O–H groups in total. The van der Waals surface area contributed by atoms with Crippen molar-refractivity contribution in [3.63, 3.8) is 0 Å². The van der Waals surface area contributed by atoms with E-state index in [0.29, 0.717) is 5.56 Å². The first-order valence-corrected chi connectivity index (χ1v) is 11.3. The number of carboxylic acids is 1. The van der Waals surface area contributed by atoms with E-state index >= 15 is 0 Å². The van der Waals surface area contributed by atoms with E-state index < -0.39 is 58.4 Å². The lowest BCUT2D eigenvalue weighted by atomic mass is 10.1. The van der Waals surface area contributed by atoms with Gasteiger partial charge in [0.05, 0.1) is 23.4 Å². The van der Waals surface area contributed by atoms with Gasteiger partial charge in [0.2, 0.25) is 21.8 Å². The molecule has 1 atom stereocenters. The third-order valence-electron chi connectivity index (χ3n) is 5.06. The second kappa shape index (κ2) is 9.46. The van der Waals surface area contributed by atoms with Crippen LogP contribution in [0.1, 0.15) is 24.8 Å². The van der Waals surface area contributed by atoms with Gasteiger partial charge in [0.15, 0.2) is 0 Å². The van der Waals surface area contributed by atoms with Crippen molar-refractivity contribution in [2.24, 2.45) is 5.14 Å². The molecule has 1 saturated heterocycles. The van der Waals surface area contributed by atoms with Gasteiger partial charge in [-0.25, -0.2) is 22.8 Å². The number of benzene rings is 2. The topological polar surface area (TPSA) is 155 Å². The number of amides is 3. The van der Waals surface area contributed by atoms with E-state index in [9.17, 15) is 32.0 Å². The summed E-state index contributed by atoms with van der Waals surface area (Å²) in [6.45, 7) is -0.176. The molecule has 2 aromatic rings. The van der Waals surface area contributed by atoms with Gasteiger partial charge in [-0.3, -0.25) is 19.2 Å². The number of hydrogen-bond acceptors (Lipinski definition) is 6. The monoisotopic (exact) mass is 477 g/mol. The van der Waals surface area contributed by atoms with E-state index in [0.717, 1.165) is 21.9 Å². The lowest BCUT2D eigenvalue weighted by Gasteiger charge is -2.28. The van der Waals surface area contributed by atoms with Crippen molar-refractivity contribution < 1.29 is 37.1 Å². The van der Waals surface area contributed by atoms with E-state index in [-0.39, 0.29) is 23.5 Å². The van der Waals surface area contributed by atoms with Crippen LogP contribution in [0.5, 0.6) is 0 Å². The van der Waals surface area contributed by atoms with Gasteiger partial charge in [0.1, 0.15) is 11.9 Å². The highest BCUT2D eigenvalue weighted by Crippen LogP contribution is 2.27. The summed E-state index contributed by atoms with van der Waals surface area (Å²) >= 11 is 0. The van der Waals surface area contributed by atoms with Crippen LogP contribution in [0.2, 0.25) is 0 Å². The number of hydrogen-bond donors (Lipinski definition) is 2. The molecule has 0 spiro atoms. The van der Waals surface area contributed by atoms with Crippen LogP contribution in [0, 0.1) is 5.82 Å². The van der Waals surface area contributed by atoms with Crippen LogP contribution < -0.4 is 10.0 Å². The normalized spacial score (nSPS) is 16.2. The third kappa shape index (κ3) is 5.59. The Hall–Kier alpha value is -3.64. The number of anilines is 1. The standard InChI is InChI=1S/C21H20FN3O7S/c22-14-3-5-15(6-4-14)25-19(27)11-17(21(25)30)24(18(26)9-10-20(28)29)12-13-1-7-16(8-2-13)33(23,31)32/h1-8,17H,9-12H2,(H,28,29)(H2,23,31,32). The van der Waals surface area contributed by atoms with Crippen molar-refractivity contribution in [1.82, 2.24) is 4.90 Å². The predicted octanol–water partition coefficient (Wildman–Crippen LogP) is 0.999. The summed E-state index contributed by atoms with van der Waals surface area (Å²) in [6, 6.07) is 8.76. The van der Waals surface area contributed by atoms with Crippen molar-refractivity contribution >= 4 is 39.4 Å². The van der Waals surface area contributed by atoms with Crippen LogP contribution in [0.3, 0.4) is 0 Å². The summed E-state index contributed by atoms with van der Waals surface area (Å²) in [7, 11) is -3.93. The highest BCUT2D eigenvalue weighted by atomic mass is 32.2. The molecule has 33 heavy (non-hydrogen) atoms. The second-order valence-corrected chi connectivity index (χ2v) is 8.93. The maximum Gasteiger partial charge on any atom is 0.303 e. The smallest absolute Gasteiger partial charge is 0.303 e. The Balaban J connectivity index is 1.89. The van der Waals surface area contributed by atoms with Gasteiger partial charge in [0, 0.05) is 13.0 Å². The van der Waals surface area contributed by atoms with E-state index in [1.807, 2.05) is 0 Å². The molecule has 1 unspecified atom stereocenters. The fourth-order valence-electron chi connectivity index (χ4n) is 3.43. The Morgan fingerprint density at radius 1 is 1.06 bits per heavy atom. The van der Waals surface area contributed by atoms with Crippen LogP contribution in [-0.2, 0) is 35.7 Å². The molecule has 1 heterocycles. The number of imide groups is 1. The summed E-state index contributed by atoms with van der Waals surface area (Å²) in [6.07, 6.45) is -1.22. The fraction of sp³-hybridized carbons (Fsp3) is 0.238. The van der Waals surface area contributed by atoms with Crippen LogP contribution >= 0.6 is 0 Å². The average molecular weight is 477 g/mol. The van der Waals surface area contributed by atoms with E-state index in [4.69, 9.17) is 10.2 Å². The van der Waals surface area contributed by atoms with Crippen LogP contribution in [0.15, 0.2) is 53.4 Å². The summed E-state index contributed by atoms with van der Waals surface area (Å²) < 4.78 is 36.1. The second-order valence-electron chi connectivity index (χ2n) is 7.37. The Bertz CT molecular complexity index is 1200. The lowest BCUT2D eigenvalue weighted by Crippen LogP contribution is -2.45. The van der Waals surface area contributed by atoms with Crippen LogP contribution in [-0.4, -0.2) is 48.2 Å². The molecule has 2 aromatic carbocycles. The van der Waals surface area contributed by atoms with Crippen LogP contribution in [0.4, 0.5) is 10.1 Å². The van der Waals surface area contributed by atoms with E-state index in [2.05, 4.69) is 0 Å². The molecule has 3 amide bonds. The van der Waals surface area contributed by atoms with E-state index in [1.54, 1.807) is 0 Å². The highest BCUT2D eigenvalue weighted by Gasteiger charge is 2.44. The zero-order valence-electron chi connectivity index (χ0n) is 17.2. The molecule has 0 aliphatic carbocycles. The largest absolute Gasteiger partial charge is 0.481 e. The minimum absolute atomic E-state index is 0.143.